The second kappa shape index (κ2) is 4.25. The number of rotatable bonds is 3. The van der Waals surface area contributed by atoms with E-state index < -0.39 is 0 Å². The van der Waals surface area contributed by atoms with Gasteiger partial charge in [-0.2, -0.15) is 0 Å². The first-order valence-electron chi connectivity index (χ1n) is 4.29. The van der Waals surface area contributed by atoms with Gasteiger partial charge in [0.25, 0.3) is 0 Å². The Kier molecular flexibility index (Phi) is 3.28. The molecule has 0 radical (unpaired) electrons. The third-order valence-corrected chi connectivity index (χ3v) is 2.01. The van der Waals surface area contributed by atoms with Crippen LogP contribution in [-0.4, -0.2) is 25.8 Å². The van der Waals surface area contributed by atoms with Crippen LogP contribution in [0.2, 0.25) is 0 Å². The quantitative estimate of drug-likeness (QED) is 0.721. The number of aliphatic hydroxyl groups excluding tert-OH is 1. The molecule has 0 fully saturated rings. The molecule has 72 valence electrons. The minimum atomic E-state index is -0.293. The molecule has 13 heavy (non-hydrogen) atoms. The van der Waals surface area contributed by atoms with E-state index in [-0.39, 0.29) is 12.6 Å². The Morgan fingerprint density at radius 3 is 2.54 bits per heavy atom. The average Bonchev–Trinajstić information content (AvgIpc) is 2.16. The van der Waals surface area contributed by atoms with Crippen LogP contribution in [0.3, 0.4) is 0 Å². The summed E-state index contributed by atoms with van der Waals surface area (Å²) in [7, 11) is 3.92. The largest absolute Gasteiger partial charge is 0.394 e. The second-order valence-electron chi connectivity index (χ2n) is 3.24. The van der Waals surface area contributed by atoms with Crippen LogP contribution in [0.1, 0.15) is 11.6 Å². The van der Waals surface area contributed by atoms with E-state index in [1.807, 2.05) is 43.3 Å². The fraction of sp³-hybridized carbons (Fsp3) is 0.400. The molecule has 1 rings (SSSR count). The first-order valence-corrected chi connectivity index (χ1v) is 4.29. The van der Waals surface area contributed by atoms with Crippen LogP contribution >= 0.6 is 0 Å². The topological polar surface area (TPSA) is 49.5 Å². The van der Waals surface area contributed by atoms with Gasteiger partial charge in [-0.3, -0.25) is 0 Å². The minimum Gasteiger partial charge on any atom is -0.394 e. The molecule has 0 saturated carbocycles. The third kappa shape index (κ3) is 2.20. The summed E-state index contributed by atoms with van der Waals surface area (Å²) in [5.41, 5.74) is 7.80. The summed E-state index contributed by atoms with van der Waals surface area (Å²) >= 11 is 0. The van der Waals surface area contributed by atoms with Crippen LogP contribution in [0.15, 0.2) is 24.3 Å². The Bertz CT molecular complexity index is 273. The van der Waals surface area contributed by atoms with Gasteiger partial charge in [0.05, 0.1) is 12.6 Å². The first-order chi connectivity index (χ1) is 6.16. The molecule has 0 amide bonds. The van der Waals surface area contributed by atoms with Gasteiger partial charge in [-0.05, 0) is 11.6 Å². The lowest BCUT2D eigenvalue weighted by Gasteiger charge is -2.20. The summed E-state index contributed by atoms with van der Waals surface area (Å²) in [6, 6.07) is 7.53. The third-order valence-electron chi connectivity index (χ3n) is 2.01. The van der Waals surface area contributed by atoms with E-state index in [1.54, 1.807) is 0 Å². The van der Waals surface area contributed by atoms with Gasteiger partial charge in [0.2, 0.25) is 0 Å². The molecule has 1 aromatic rings. The Morgan fingerprint density at radius 2 is 2.00 bits per heavy atom. The lowest BCUT2D eigenvalue weighted by molar-refractivity contribution is 0.268. The number of nitrogens with zero attached hydrogens (tertiary/aromatic N) is 1. The van der Waals surface area contributed by atoms with Gasteiger partial charge < -0.3 is 15.7 Å². The summed E-state index contributed by atoms with van der Waals surface area (Å²) in [6.07, 6.45) is 0. The van der Waals surface area contributed by atoms with Crippen LogP contribution in [0.25, 0.3) is 0 Å². The van der Waals surface area contributed by atoms with Crippen LogP contribution in [0.5, 0.6) is 0 Å². The van der Waals surface area contributed by atoms with E-state index in [9.17, 15) is 0 Å². The summed E-state index contributed by atoms with van der Waals surface area (Å²) in [4.78, 5) is 1.99. The van der Waals surface area contributed by atoms with E-state index in [0.717, 1.165) is 11.3 Å². The summed E-state index contributed by atoms with van der Waals surface area (Å²) < 4.78 is 0. The molecule has 0 aliphatic heterocycles. The van der Waals surface area contributed by atoms with Crippen LogP contribution in [0, 0.1) is 0 Å². The Morgan fingerprint density at radius 1 is 1.38 bits per heavy atom. The lowest BCUT2D eigenvalue weighted by atomic mass is 10.1. The molecule has 0 unspecified atom stereocenters. The van der Waals surface area contributed by atoms with E-state index in [2.05, 4.69) is 0 Å². The maximum Gasteiger partial charge on any atom is 0.0625 e. The molecule has 0 saturated heterocycles. The normalized spacial score (nSPS) is 12.6. The number of aliphatic hydroxyl groups is 1. The standard InChI is InChI=1S/C10H16N2O/c1-12(2)10-6-4-3-5-8(10)9(11)7-13/h3-6,9,13H,7,11H2,1-2H3/t9-/m1/s1. The monoisotopic (exact) mass is 180 g/mol. The molecule has 0 bridgehead atoms. The van der Waals surface area contributed by atoms with Crippen LogP contribution < -0.4 is 10.6 Å². The number of hydrogen-bond donors (Lipinski definition) is 2. The van der Waals surface area contributed by atoms with Gasteiger partial charge in [-0.25, -0.2) is 0 Å². The smallest absolute Gasteiger partial charge is 0.0625 e. The predicted molar refractivity (Wildman–Crippen MR) is 54.8 cm³/mol. The van der Waals surface area contributed by atoms with E-state index in [0.29, 0.717) is 0 Å². The number of nitrogens with two attached hydrogens (primary N) is 1. The highest BCUT2D eigenvalue weighted by molar-refractivity contribution is 5.53. The van der Waals surface area contributed by atoms with E-state index >= 15 is 0 Å². The zero-order valence-corrected chi connectivity index (χ0v) is 8.07. The van der Waals surface area contributed by atoms with Gasteiger partial charge in [-0.1, -0.05) is 18.2 Å². The molecule has 0 aromatic heterocycles. The molecule has 0 aliphatic rings. The highest BCUT2D eigenvalue weighted by Gasteiger charge is 2.09. The number of para-hydroxylation sites is 1. The minimum absolute atomic E-state index is 0.0230. The highest BCUT2D eigenvalue weighted by atomic mass is 16.3. The number of anilines is 1. The Labute approximate surface area is 78.8 Å². The average molecular weight is 180 g/mol. The maximum atomic E-state index is 8.95. The SMILES string of the molecule is CN(C)c1ccccc1[C@H](N)CO. The van der Waals surface area contributed by atoms with Gasteiger partial charge in [-0.15, -0.1) is 0 Å². The predicted octanol–water partition coefficient (Wildman–Crippen LogP) is 0.745. The maximum absolute atomic E-state index is 8.95. The molecule has 0 spiro atoms. The molecule has 3 N–H and O–H groups in total. The van der Waals surface area contributed by atoms with Crippen LogP contribution in [-0.2, 0) is 0 Å². The number of hydrogen-bond acceptors (Lipinski definition) is 3. The van der Waals surface area contributed by atoms with Gasteiger partial charge in [0.15, 0.2) is 0 Å². The number of benzene rings is 1. The second-order valence-corrected chi connectivity index (χ2v) is 3.24. The van der Waals surface area contributed by atoms with Crippen molar-refractivity contribution in [3.05, 3.63) is 29.8 Å². The van der Waals surface area contributed by atoms with Gasteiger partial charge >= 0.3 is 0 Å². The molecular formula is C10H16N2O. The summed E-state index contributed by atoms with van der Waals surface area (Å²) in [5, 5.41) is 8.95. The van der Waals surface area contributed by atoms with Crippen molar-refractivity contribution in [2.24, 2.45) is 5.73 Å². The van der Waals surface area contributed by atoms with Crippen molar-refractivity contribution in [1.82, 2.24) is 0 Å². The molecule has 0 aliphatic carbocycles. The zero-order chi connectivity index (χ0) is 9.84. The highest BCUT2D eigenvalue weighted by Crippen LogP contribution is 2.22. The molecule has 1 aromatic carbocycles. The summed E-state index contributed by atoms with van der Waals surface area (Å²) in [5.74, 6) is 0. The summed E-state index contributed by atoms with van der Waals surface area (Å²) in [6.45, 7) is -0.0230. The fourth-order valence-corrected chi connectivity index (χ4v) is 1.31. The van der Waals surface area contributed by atoms with E-state index in [4.69, 9.17) is 10.8 Å². The Hall–Kier alpha value is -1.06. The molecule has 1 atom stereocenters. The molecular weight excluding hydrogens is 164 g/mol. The van der Waals surface area contributed by atoms with Crippen molar-refractivity contribution in [3.8, 4) is 0 Å². The zero-order valence-electron chi connectivity index (χ0n) is 8.07. The molecule has 3 nitrogen and oxygen atoms in total. The molecule has 3 heteroatoms. The lowest BCUT2D eigenvalue weighted by Crippen LogP contribution is -2.19. The molecule has 0 heterocycles. The van der Waals surface area contributed by atoms with Crippen molar-refractivity contribution >= 4 is 5.69 Å². The van der Waals surface area contributed by atoms with Gasteiger partial charge in [0.1, 0.15) is 0 Å². The Balaban J connectivity index is 3.04. The van der Waals surface area contributed by atoms with Crippen molar-refractivity contribution in [1.29, 1.82) is 0 Å². The van der Waals surface area contributed by atoms with Crippen molar-refractivity contribution in [3.63, 3.8) is 0 Å². The van der Waals surface area contributed by atoms with Gasteiger partial charge in [0, 0.05) is 19.8 Å². The first kappa shape index (κ1) is 10.0. The fourth-order valence-electron chi connectivity index (χ4n) is 1.31. The van der Waals surface area contributed by atoms with Crippen molar-refractivity contribution in [2.45, 2.75) is 6.04 Å². The van der Waals surface area contributed by atoms with Crippen molar-refractivity contribution in [2.75, 3.05) is 25.6 Å². The van der Waals surface area contributed by atoms with Crippen molar-refractivity contribution < 1.29 is 5.11 Å². The van der Waals surface area contributed by atoms with E-state index in [1.165, 1.54) is 0 Å². The van der Waals surface area contributed by atoms with Crippen LogP contribution in [0.4, 0.5) is 5.69 Å².